The van der Waals surface area contributed by atoms with Gasteiger partial charge in [-0.2, -0.15) is 0 Å². The van der Waals surface area contributed by atoms with Gasteiger partial charge < -0.3 is 20.1 Å². The van der Waals surface area contributed by atoms with E-state index in [9.17, 15) is 18.8 Å². The summed E-state index contributed by atoms with van der Waals surface area (Å²) in [7, 11) is 1.27. The molecule has 2 saturated heterocycles. The van der Waals surface area contributed by atoms with Gasteiger partial charge >= 0.3 is 18.0 Å². The third-order valence-corrected chi connectivity index (χ3v) is 9.46. The van der Waals surface area contributed by atoms with Crippen molar-refractivity contribution in [2.45, 2.75) is 12.1 Å². The summed E-state index contributed by atoms with van der Waals surface area (Å²) in [5.41, 5.74) is 1.51. The number of rotatable bonds is 8. The summed E-state index contributed by atoms with van der Waals surface area (Å²) in [6.45, 7) is 2.17. The molecule has 2 amide bonds. The Hall–Kier alpha value is -4.18. The Kier molecular flexibility index (Phi) is 8.44. The number of halogens is 2. The number of aliphatic carboxylic acids is 1. The molecule has 5 heterocycles. The number of fused-ring (bicyclic) bond motifs is 1. The number of aliphatic imine (C=N–C) groups is 1. The largest absolute Gasteiger partial charge is 0.478 e. The highest BCUT2D eigenvalue weighted by molar-refractivity contribution is 7.14. The van der Waals surface area contributed by atoms with Crippen molar-refractivity contribution in [3.8, 4) is 0 Å². The lowest BCUT2D eigenvalue weighted by atomic mass is 9.95. The lowest BCUT2D eigenvalue weighted by molar-refractivity contribution is -0.136. The highest BCUT2D eigenvalue weighted by Crippen LogP contribution is 2.38. The second-order valence-electron chi connectivity index (χ2n) is 10.1. The molecule has 0 spiro atoms. The number of benzene rings is 1. The highest BCUT2D eigenvalue weighted by atomic mass is 35.5. The van der Waals surface area contributed by atoms with Crippen LogP contribution < -0.4 is 10.2 Å². The second-order valence-corrected chi connectivity index (χ2v) is 12.2. The van der Waals surface area contributed by atoms with Gasteiger partial charge in [-0.05, 0) is 12.1 Å². The molecular formula is C28H25ClFN7O5S2. The Balaban J connectivity index is 1.27. The molecule has 16 heteroatoms. The number of ether oxygens (including phenoxy) is 1. The molecule has 2 fully saturated rings. The lowest BCUT2D eigenvalue weighted by Gasteiger charge is -2.38. The number of esters is 1. The Bertz CT molecular complexity index is 1710. The van der Waals surface area contributed by atoms with Crippen molar-refractivity contribution in [2.75, 3.05) is 44.7 Å². The van der Waals surface area contributed by atoms with Crippen molar-refractivity contribution in [3.63, 3.8) is 0 Å². The standard InChI is InChI=1S/C28H25ClFN7O5S2/c1-42-26(40)21-19(33-24(25-31-7-10-43-25)34-23(21)17-3-2-4-18(30)22(17)29)13-35-8-9-36-16(11-35)12-37(28(36)41)27-32-15(14-44-27)5-6-20(38)39/h2-7,10,14,16,23H,8-9,11-13H2,1H3,(H,33,34)(H,38,39)/b6-5+/t16-,23?/m0/s1. The summed E-state index contributed by atoms with van der Waals surface area (Å²) in [5.74, 6) is -1.92. The number of carboxylic acids is 1. The number of carboxylic acid groups (broad SMARTS) is 1. The number of aromatic nitrogens is 2. The summed E-state index contributed by atoms with van der Waals surface area (Å²) in [5, 5.41) is 16.6. The topological polar surface area (TPSA) is 141 Å². The van der Waals surface area contributed by atoms with Crippen LogP contribution in [0.2, 0.25) is 5.02 Å². The van der Waals surface area contributed by atoms with Crippen LogP contribution in [-0.4, -0.2) is 94.6 Å². The van der Waals surface area contributed by atoms with E-state index in [1.807, 2.05) is 0 Å². The van der Waals surface area contributed by atoms with Crippen LogP contribution in [0.5, 0.6) is 0 Å². The van der Waals surface area contributed by atoms with Crippen LogP contribution >= 0.6 is 34.3 Å². The van der Waals surface area contributed by atoms with Gasteiger partial charge in [-0.15, -0.1) is 22.7 Å². The number of nitrogens with zero attached hydrogens (tertiary/aromatic N) is 6. The van der Waals surface area contributed by atoms with Gasteiger partial charge in [0.1, 0.15) is 11.9 Å². The van der Waals surface area contributed by atoms with Gasteiger partial charge in [-0.1, -0.05) is 23.7 Å². The van der Waals surface area contributed by atoms with Gasteiger partial charge in [0.25, 0.3) is 0 Å². The van der Waals surface area contributed by atoms with E-state index in [0.717, 1.165) is 6.08 Å². The molecule has 1 unspecified atom stereocenters. The minimum absolute atomic E-state index is 0.135. The average molecular weight is 658 g/mol. The number of urea groups is 1. The molecule has 2 N–H and O–H groups in total. The molecule has 3 aromatic rings. The van der Waals surface area contributed by atoms with E-state index in [-0.39, 0.29) is 29.2 Å². The molecule has 3 aliphatic heterocycles. The third-order valence-electron chi connectivity index (χ3n) is 7.40. The number of carbonyl (C=O) groups is 3. The van der Waals surface area contributed by atoms with Crippen molar-refractivity contribution >= 4 is 69.3 Å². The number of hydrogen-bond acceptors (Lipinski definition) is 11. The Labute approximate surface area is 263 Å². The molecule has 6 rings (SSSR count). The van der Waals surface area contributed by atoms with E-state index in [0.29, 0.717) is 59.1 Å². The smallest absolute Gasteiger partial charge is 0.338 e. The number of piperazine rings is 1. The predicted molar refractivity (Wildman–Crippen MR) is 163 cm³/mol. The average Bonchev–Trinajstić information content (AvgIpc) is 3.78. The number of hydrogen-bond donors (Lipinski definition) is 2. The minimum Gasteiger partial charge on any atom is -0.478 e. The maximum Gasteiger partial charge on any atom is 0.338 e. The van der Waals surface area contributed by atoms with Gasteiger partial charge in [0.05, 0.1) is 36.0 Å². The first-order chi connectivity index (χ1) is 21.2. The van der Waals surface area contributed by atoms with Crippen molar-refractivity contribution < 1.29 is 28.6 Å². The second kappa shape index (κ2) is 12.4. The molecule has 0 saturated carbocycles. The maximum absolute atomic E-state index is 14.6. The molecule has 0 bridgehead atoms. The first-order valence-corrected chi connectivity index (χ1v) is 15.5. The fourth-order valence-corrected chi connectivity index (χ4v) is 7.02. The molecular weight excluding hydrogens is 633 g/mol. The minimum atomic E-state index is -1.08. The molecule has 0 radical (unpaired) electrons. The zero-order chi connectivity index (χ0) is 31.0. The molecule has 228 valence electrons. The van der Waals surface area contributed by atoms with E-state index in [2.05, 4.69) is 20.2 Å². The number of nitrogens with one attached hydrogen (secondary N) is 1. The monoisotopic (exact) mass is 657 g/mol. The van der Waals surface area contributed by atoms with Gasteiger partial charge in [0.15, 0.2) is 16.0 Å². The molecule has 1 aromatic carbocycles. The summed E-state index contributed by atoms with van der Waals surface area (Å²) < 4.78 is 19.7. The Morgan fingerprint density at radius 2 is 2.11 bits per heavy atom. The Morgan fingerprint density at radius 1 is 1.27 bits per heavy atom. The van der Waals surface area contributed by atoms with Crippen molar-refractivity contribution in [2.24, 2.45) is 4.99 Å². The van der Waals surface area contributed by atoms with Gasteiger partial charge in [-0.3, -0.25) is 14.8 Å². The molecule has 0 aliphatic carbocycles. The maximum atomic E-state index is 14.6. The quantitative estimate of drug-likeness (QED) is 0.274. The summed E-state index contributed by atoms with van der Waals surface area (Å²) in [6, 6.07) is 3.13. The SMILES string of the molecule is COC(=O)C1=C(CN2CCN3C(=O)N(c4nc(/C=C/C(=O)O)cs4)C[C@@H]3C2)NC(c2nccs2)=NC1c1cccc(F)c1Cl. The molecule has 2 atom stereocenters. The molecule has 3 aliphatic rings. The van der Waals surface area contributed by atoms with E-state index < -0.39 is 23.8 Å². The van der Waals surface area contributed by atoms with E-state index in [4.69, 9.17) is 26.4 Å². The molecule has 12 nitrogen and oxygen atoms in total. The zero-order valence-corrected chi connectivity index (χ0v) is 25.5. The zero-order valence-electron chi connectivity index (χ0n) is 23.1. The van der Waals surface area contributed by atoms with E-state index in [1.165, 1.54) is 48.0 Å². The van der Waals surface area contributed by atoms with Crippen LogP contribution in [0.1, 0.15) is 22.3 Å². The predicted octanol–water partition coefficient (Wildman–Crippen LogP) is 3.63. The van der Waals surface area contributed by atoms with Gasteiger partial charge in [0.2, 0.25) is 0 Å². The fraction of sp³-hybridized carbons (Fsp3) is 0.286. The van der Waals surface area contributed by atoms with Crippen LogP contribution in [0.3, 0.4) is 0 Å². The number of methoxy groups -OCH3 is 1. The van der Waals surface area contributed by atoms with E-state index in [1.54, 1.807) is 32.8 Å². The normalized spacial score (nSPS) is 20.6. The van der Waals surface area contributed by atoms with Crippen LogP contribution in [-0.2, 0) is 14.3 Å². The van der Waals surface area contributed by atoms with Crippen LogP contribution in [0, 0.1) is 5.82 Å². The van der Waals surface area contributed by atoms with Crippen LogP contribution in [0.15, 0.2) is 57.5 Å². The summed E-state index contributed by atoms with van der Waals surface area (Å²) in [4.78, 5) is 56.4. The van der Waals surface area contributed by atoms with E-state index >= 15 is 0 Å². The van der Waals surface area contributed by atoms with Crippen molar-refractivity contribution in [3.05, 3.63) is 79.6 Å². The highest BCUT2D eigenvalue weighted by Gasteiger charge is 2.43. The third kappa shape index (κ3) is 5.83. The Morgan fingerprint density at radius 3 is 2.86 bits per heavy atom. The van der Waals surface area contributed by atoms with Gasteiger partial charge in [-0.25, -0.2) is 28.7 Å². The molecule has 44 heavy (non-hydrogen) atoms. The first-order valence-electron chi connectivity index (χ1n) is 13.4. The fourth-order valence-electron chi connectivity index (χ4n) is 5.41. The number of amidine groups is 1. The lowest BCUT2D eigenvalue weighted by Crippen LogP contribution is -2.53. The van der Waals surface area contributed by atoms with Crippen molar-refractivity contribution in [1.29, 1.82) is 0 Å². The number of carbonyl (C=O) groups excluding carboxylic acids is 2. The van der Waals surface area contributed by atoms with Crippen LogP contribution in [0.25, 0.3) is 6.08 Å². The summed E-state index contributed by atoms with van der Waals surface area (Å²) in [6.07, 6.45) is 4.03. The number of thiazole rings is 2. The summed E-state index contributed by atoms with van der Waals surface area (Å²) >= 11 is 9.01. The first kappa shape index (κ1) is 29.9. The number of amides is 2. The molecule has 2 aromatic heterocycles. The van der Waals surface area contributed by atoms with Gasteiger partial charge in [0, 0.05) is 60.5 Å². The number of anilines is 1. The van der Waals surface area contributed by atoms with Crippen LogP contribution in [0.4, 0.5) is 14.3 Å². The van der Waals surface area contributed by atoms with Crippen molar-refractivity contribution in [1.82, 2.24) is 25.1 Å².